The molecule has 0 spiro atoms. The molecular formula is C20H21N3O3. The normalized spacial score (nSPS) is 10.1. The molecule has 0 aromatic heterocycles. The molecule has 134 valence electrons. The number of carbonyl (C=O) groups is 2. The number of nitriles is 1. The molecule has 2 aromatic carbocycles. The monoisotopic (exact) mass is 351 g/mol. The topological polar surface area (TPSA) is 91.2 Å². The summed E-state index contributed by atoms with van der Waals surface area (Å²) in [6.07, 6.45) is 0. The molecule has 6 nitrogen and oxygen atoms in total. The van der Waals surface area contributed by atoms with Crippen molar-refractivity contribution in [3.05, 3.63) is 64.7 Å². The lowest BCUT2D eigenvalue weighted by Gasteiger charge is -2.15. The van der Waals surface area contributed by atoms with Crippen molar-refractivity contribution in [2.75, 3.05) is 6.61 Å². The molecule has 0 radical (unpaired) electrons. The molecule has 2 amide bonds. The van der Waals surface area contributed by atoms with Gasteiger partial charge in [0.1, 0.15) is 5.75 Å². The first-order chi connectivity index (χ1) is 12.4. The average Bonchev–Trinajstić information content (AvgIpc) is 2.64. The maximum atomic E-state index is 12.0. The smallest absolute Gasteiger partial charge is 0.276 e. The number of nitrogens with one attached hydrogen (secondary N) is 2. The number of amides is 2. The fraction of sp³-hybridized carbons (Fsp3) is 0.250. The van der Waals surface area contributed by atoms with Crippen LogP contribution < -0.4 is 15.6 Å². The lowest BCUT2D eigenvalue weighted by atomic mass is 10.0. The van der Waals surface area contributed by atoms with Gasteiger partial charge in [-0.2, -0.15) is 5.26 Å². The minimum Gasteiger partial charge on any atom is -0.483 e. The van der Waals surface area contributed by atoms with Crippen molar-refractivity contribution >= 4 is 11.8 Å². The first-order valence-electron chi connectivity index (χ1n) is 8.23. The summed E-state index contributed by atoms with van der Waals surface area (Å²) in [6.45, 7) is 5.84. The van der Waals surface area contributed by atoms with E-state index in [1.54, 1.807) is 0 Å². The van der Waals surface area contributed by atoms with Gasteiger partial charge in [-0.15, -0.1) is 0 Å². The molecule has 0 saturated carbocycles. The number of hydrogen-bond donors (Lipinski definition) is 2. The Balaban J connectivity index is 1.88. The number of nitrogens with zero attached hydrogens (tertiary/aromatic N) is 1. The highest BCUT2D eigenvalue weighted by atomic mass is 16.5. The highest BCUT2D eigenvalue weighted by Gasteiger charge is 2.11. The van der Waals surface area contributed by atoms with E-state index < -0.39 is 11.8 Å². The maximum absolute atomic E-state index is 12.0. The Morgan fingerprint density at radius 3 is 2.42 bits per heavy atom. The van der Waals surface area contributed by atoms with Gasteiger partial charge in [0.25, 0.3) is 11.8 Å². The van der Waals surface area contributed by atoms with Crippen LogP contribution in [-0.2, 0) is 4.79 Å². The van der Waals surface area contributed by atoms with Crippen molar-refractivity contribution in [3.8, 4) is 11.8 Å². The van der Waals surface area contributed by atoms with Gasteiger partial charge >= 0.3 is 0 Å². The van der Waals surface area contributed by atoms with Crippen LogP contribution in [0.5, 0.6) is 5.75 Å². The zero-order valence-corrected chi connectivity index (χ0v) is 15.0. The van der Waals surface area contributed by atoms with Crippen molar-refractivity contribution in [3.63, 3.8) is 0 Å². The third kappa shape index (κ3) is 5.08. The second-order valence-electron chi connectivity index (χ2n) is 6.18. The summed E-state index contributed by atoms with van der Waals surface area (Å²) in [6, 6.07) is 13.9. The van der Waals surface area contributed by atoms with Gasteiger partial charge < -0.3 is 4.74 Å². The molecule has 0 aliphatic rings. The van der Waals surface area contributed by atoms with E-state index in [1.807, 2.05) is 31.2 Å². The van der Waals surface area contributed by atoms with Crippen molar-refractivity contribution in [1.29, 1.82) is 5.26 Å². The van der Waals surface area contributed by atoms with Crippen LogP contribution in [0.25, 0.3) is 0 Å². The minimum atomic E-state index is -0.471. The molecular weight excluding hydrogens is 330 g/mol. The second kappa shape index (κ2) is 8.67. The quantitative estimate of drug-likeness (QED) is 0.810. The molecule has 0 aliphatic carbocycles. The summed E-state index contributed by atoms with van der Waals surface area (Å²) in [5.74, 6) is -0.0113. The van der Waals surface area contributed by atoms with Crippen molar-refractivity contribution < 1.29 is 14.3 Å². The van der Waals surface area contributed by atoms with Crippen LogP contribution in [0.2, 0.25) is 0 Å². The van der Waals surface area contributed by atoms with Crippen LogP contribution in [0.15, 0.2) is 42.5 Å². The van der Waals surface area contributed by atoms with Crippen LogP contribution in [0.4, 0.5) is 0 Å². The molecule has 0 aliphatic heterocycles. The van der Waals surface area contributed by atoms with E-state index in [4.69, 9.17) is 10.00 Å². The molecule has 2 N–H and O–H groups in total. The number of ether oxygens (including phenoxy) is 1. The second-order valence-corrected chi connectivity index (χ2v) is 6.18. The Kier molecular flexibility index (Phi) is 6.34. The largest absolute Gasteiger partial charge is 0.483 e. The summed E-state index contributed by atoms with van der Waals surface area (Å²) in [5.41, 5.74) is 7.49. The van der Waals surface area contributed by atoms with E-state index in [0.717, 1.165) is 11.1 Å². The molecule has 26 heavy (non-hydrogen) atoms. The van der Waals surface area contributed by atoms with Crippen LogP contribution in [-0.4, -0.2) is 18.4 Å². The maximum Gasteiger partial charge on any atom is 0.276 e. The SMILES string of the molecule is Cc1ccc(C(C)C)c(OCC(=O)NNC(=O)c2ccc(C#N)cc2)c1. The van der Waals surface area contributed by atoms with E-state index >= 15 is 0 Å². The highest BCUT2D eigenvalue weighted by molar-refractivity contribution is 5.95. The predicted octanol–water partition coefficient (Wildman–Crippen LogP) is 2.83. The van der Waals surface area contributed by atoms with Crippen molar-refractivity contribution in [2.24, 2.45) is 0 Å². The van der Waals surface area contributed by atoms with Crippen LogP contribution in [0.3, 0.4) is 0 Å². The molecule has 2 aromatic rings. The van der Waals surface area contributed by atoms with Gasteiger partial charge in [-0.25, -0.2) is 0 Å². The van der Waals surface area contributed by atoms with Gasteiger partial charge in [0.2, 0.25) is 0 Å². The summed E-state index contributed by atoms with van der Waals surface area (Å²) < 4.78 is 5.61. The van der Waals surface area contributed by atoms with Gasteiger partial charge in [-0.05, 0) is 54.3 Å². The first kappa shape index (κ1) is 19.0. The summed E-state index contributed by atoms with van der Waals surface area (Å²) >= 11 is 0. The standard InChI is InChI=1S/C20H21N3O3/c1-13(2)17-9-4-14(3)10-18(17)26-12-19(24)22-23-20(25)16-7-5-15(11-21)6-8-16/h4-10,13H,12H2,1-3H3,(H,22,24)(H,23,25). The Bertz CT molecular complexity index is 836. The van der Waals surface area contributed by atoms with E-state index in [9.17, 15) is 9.59 Å². The Morgan fingerprint density at radius 2 is 1.81 bits per heavy atom. The first-order valence-corrected chi connectivity index (χ1v) is 8.23. The third-order valence-corrected chi connectivity index (χ3v) is 3.74. The molecule has 0 bridgehead atoms. The molecule has 0 atom stereocenters. The molecule has 0 heterocycles. The highest BCUT2D eigenvalue weighted by Crippen LogP contribution is 2.27. The van der Waals surface area contributed by atoms with Crippen molar-refractivity contribution in [1.82, 2.24) is 10.9 Å². The number of hydrazine groups is 1. The zero-order valence-electron chi connectivity index (χ0n) is 15.0. The van der Waals surface area contributed by atoms with Crippen LogP contribution in [0, 0.1) is 18.3 Å². The van der Waals surface area contributed by atoms with Crippen molar-refractivity contribution in [2.45, 2.75) is 26.7 Å². The Morgan fingerprint density at radius 1 is 1.12 bits per heavy atom. The fourth-order valence-corrected chi connectivity index (χ4v) is 2.32. The van der Waals surface area contributed by atoms with Gasteiger partial charge in [-0.1, -0.05) is 26.0 Å². The van der Waals surface area contributed by atoms with E-state index in [-0.39, 0.29) is 12.5 Å². The van der Waals surface area contributed by atoms with Gasteiger partial charge in [0.05, 0.1) is 11.6 Å². The Labute approximate surface area is 152 Å². The van der Waals surface area contributed by atoms with Gasteiger partial charge in [-0.3, -0.25) is 20.4 Å². The summed E-state index contributed by atoms with van der Waals surface area (Å²) in [7, 11) is 0. The molecule has 2 rings (SSSR count). The molecule has 6 heteroatoms. The number of carbonyl (C=O) groups excluding carboxylic acids is 2. The Hall–Kier alpha value is -3.33. The van der Waals surface area contributed by atoms with E-state index in [1.165, 1.54) is 24.3 Å². The number of benzene rings is 2. The molecule has 0 unspecified atom stereocenters. The number of hydrogen-bond acceptors (Lipinski definition) is 4. The lowest BCUT2D eigenvalue weighted by molar-refractivity contribution is -0.123. The van der Waals surface area contributed by atoms with E-state index in [0.29, 0.717) is 16.9 Å². The zero-order chi connectivity index (χ0) is 19.1. The average molecular weight is 351 g/mol. The number of rotatable bonds is 5. The fourth-order valence-electron chi connectivity index (χ4n) is 2.32. The predicted molar refractivity (Wildman–Crippen MR) is 97.5 cm³/mol. The molecule has 0 saturated heterocycles. The van der Waals surface area contributed by atoms with E-state index in [2.05, 4.69) is 24.7 Å². The van der Waals surface area contributed by atoms with Crippen LogP contribution >= 0.6 is 0 Å². The van der Waals surface area contributed by atoms with Gasteiger partial charge in [0.15, 0.2) is 6.61 Å². The number of aryl methyl sites for hydroxylation is 1. The van der Waals surface area contributed by atoms with Gasteiger partial charge in [0, 0.05) is 5.56 Å². The van der Waals surface area contributed by atoms with Crippen LogP contribution in [0.1, 0.15) is 46.8 Å². The summed E-state index contributed by atoms with van der Waals surface area (Å²) in [4.78, 5) is 23.9. The lowest BCUT2D eigenvalue weighted by Crippen LogP contribution is -2.43. The summed E-state index contributed by atoms with van der Waals surface area (Å²) in [5, 5.41) is 8.75. The third-order valence-electron chi connectivity index (χ3n) is 3.74. The minimum absolute atomic E-state index is 0.211. The molecule has 0 fully saturated rings.